The van der Waals surface area contributed by atoms with Crippen molar-refractivity contribution in [1.29, 1.82) is 0 Å². The summed E-state index contributed by atoms with van der Waals surface area (Å²) in [7, 11) is 0. The molecule has 0 aliphatic heterocycles. The molecule has 0 bridgehead atoms. The first kappa shape index (κ1) is 14.5. The van der Waals surface area contributed by atoms with Crippen molar-refractivity contribution in [2.75, 3.05) is 6.61 Å². The number of pyridine rings is 1. The molecule has 1 aromatic carbocycles. The summed E-state index contributed by atoms with van der Waals surface area (Å²) in [5, 5.41) is 0.653. The van der Waals surface area contributed by atoms with Crippen molar-refractivity contribution in [3.63, 3.8) is 0 Å². The van der Waals surface area contributed by atoms with Crippen LogP contribution >= 0.6 is 11.6 Å². The normalized spacial score (nSPS) is 10.3. The van der Waals surface area contributed by atoms with E-state index in [9.17, 15) is 4.79 Å². The molecule has 0 N–H and O–H groups in total. The molecule has 0 spiro atoms. The van der Waals surface area contributed by atoms with Crippen molar-refractivity contribution in [3.05, 3.63) is 58.4 Å². The number of rotatable bonds is 5. The maximum Gasteiger partial charge on any atom is 0.194 e. The summed E-state index contributed by atoms with van der Waals surface area (Å²) in [6.07, 6.45) is 4.07. The number of hydrogen-bond acceptors (Lipinski definition) is 3. The molecule has 0 aliphatic rings. The Morgan fingerprint density at radius 1 is 1.25 bits per heavy atom. The van der Waals surface area contributed by atoms with Crippen LogP contribution in [0.3, 0.4) is 0 Å². The van der Waals surface area contributed by atoms with Crippen LogP contribution in [-0.4, -0.2) is 17.4 Å². The van der Waals surface area contributed by atoms with Crippen LogP contribution in [0.15, 0.2) is 36.7 Å². The highest BCUT2D eigenvalue weighted by atomic mass is 35.5. The van der Waals surface area contributed by atoms with E-state index in [1.807, 2.05) is 13.8 Å². The molecule has 104 valence electrons. The zero-order chi connectivity index (χ0) is 14.5. The lowest BCUT2D eigenvalue weighted by Crippen LogP contribution is -2.04. The van der Waals surface area contributed by atoms with Gasteiger partial charge in [-0.1, -0.05) is 18.5 Å². The Kier molecular flexibility index (Phi) is 4.74. The second kappa shape index (κ2) is 6.53. The van der Waals surface area contributed by atoms with E-state index in [2.05, 4.69) is 4.98 Å². The van der Waals surface area contributed by atoms with Crippen molar-refractivity contribution in [3.8, 4) is 5.75 Å². The molecule has 0 amide bonds. The first-order chi connectivity index (χ1) is 9.61. The molecule has 2 aromatic rings. The monoisotopic (exact) mass is 289 g/mol. The highest BCUT2D eigenvalue weighted by Gasteiger charge is 2.11. The van der Waals surface area contributed by atoms with E-state index in [4.69, 9.17) is 16.3 Å². The van der Waals surface area contributed by atoms with E-state index >= 15 is 0 Å². The van der Waals surface area contributed by atoms with E-state index in [1.165, 1.54) is 0 Å². The van der Waals surface area contributed by atoms with Crippen LogP contribution < -0.4 is 4.74 Å². The zero-order valence-electron chi connectivity index (χ0n) is 11.5. The quantitative estimate of drug-likeness (QED) is 0.779. The molecule has 0 saturated carbocycles. The van der Waals surface area contributed by atoms with Crippen LogP contribution in [0.5, 0.6) is 5.75 Å². The lowest BCUT2D eigenvalue weighted by molar-refractivity contribution is 0.103. The fourth-order valence-corrected chi connectivity index (χ4v) is 1.91. The average Bonchev–Trinajstić information content (AvgIpc) is 2.47. The summed E-state index contributed by atoms with van der Waals surface area (Å²) in [5.41, 5.74) is 1.99. The maximum absolute atomic E-state index is 12.4. The molecular formula is C16H16ClNO2. The summed E-state index contributed by atoms with van der Waals surface area (Å²) < 4.78 is 5.49. The van der Waals surface area contributed by atoms with E-state index in [0.717, 1.165) is 12.0 Å². The Labute approximate surface area is 123 Å². The molecule has 1 aromatic heterocycles. The summed E-state index contributed by atoms with van der Waals surface area (Å²) in [6.45, 7) is 4.51. The van der Waals surface area contributed by atoms with Crippen LogP contribution in [0.1, 0.15) is 34.8 Å². The lowest BCUT2D eigenvalue weighted by Gasteiger charge is -2.07. The van der Waals surface area contributed by atoms with Gasteiger partial charge >= 0.3 is 0 Å². The predicted octanol–water partition coefficient (Wildman–Crippen LogP) is 4.06. The SMILES string of the molecule is CCCOc1cncc(C(=O)c2ccc(Cl)c(C)c2)c1. The van der Waals surface area contributed by atoms with Crippen molar-refractivity contribution >= 4 is 17.4 Å². The molecule has 0 unspecified atom stereocenters. The van der Waals surface area contributed by atoms with Gasteiger partial charge in [0.05, 0.1) is 12.8 Å². The Hall–Kier alpha value is -1.87. The number of aryl methyl sites for hydroxylation is 1. The number of ether oxygens (including phenoxy) is 1. The van der Waals surface area contributed by atoms with Crippen molar-refractivity contribution in [2.45, 2.75) is 20.3 Å². The lowest BCUT2D eigenvalue weighted by atomic mass is 10.0. The van der Waals surface area contributed by atoms with Gasteiger partial charge in [-0.2, -0.15) is 0 Å². The van der Waals surface area contributed by atoms with Crippen molar-refractivity contribution < 1.29 is 9.53 Å². The third-order valence-corrected chi connectivity index (χ3v) is 3.29. The standard InChI is InChI=1S/C16H16ClNO2/c1-3-6-20-14-8-13(9-18-10-14)16(19)12-4-5-15(17)11(2)7-12/h4-5,7-10H,3,6H2,1-2H3. The Morgan fingerprint density at radius 3 is 2.75 bits per heavy atom. The van der Waals surface area contributed by atoms with Gasteiger partial charge < -0.3 is 4.74 Å². The number of carbonyl (C=O) groups is 1. The van der Waals surface area contributed by atoms with Crippen molar-refractivity contribution in [2.24, 2.45) is 0 Å². The molecule has 0 radical (unpaired) electrons. The van der Waals surface area contributed by atoms with E-state index in [-0.39, 0.29) is 5.78 Å². The number of halogens is 1. The molecule has 0 saturated heterocycles. The van der Waals surface area contributed by atoms with Gasteiger partial charge in [0.25, 0.3) is 0 Å². The Balaban J connectivity index is 2.26. The molecule has 2 rings (SSSR count). The number of aromatic nitrogens is 1. The third-order valence-electron chi connectivity index (χ3n) is 2.87. The number of ketones is 1. The van der Waals surface area contributed by atoms with Crippen molar-refractivity contribution in [1.82, 2.24) is 4.98 Å². The minimum absolute atomic E-state index is 0.0841. The van der Waals surface area contributed by atoms with Crippen LogP contribution in [0.4, 0.5) is 0 Å². The number of carbonyl (C=O) groups excluding carboxylic acids is 1. The van der Waals surface area contributed by atoms with Crippen LogP contribution in [0.2, 0.25) is 5.02 Å². The van der Waals surface area contributed by atoms with Gasteiger partial charge in [-0.25, -0.2) is 0 Å². The van der Waals surface area contributed by atoms with Crippen LogP contribution in [0, 0.1) is 6.92 Å². The summed E-state index contributed by atoms with van der Waals surface area (Å²) in [5.74, 6) is 0.530. The predicted molar refractivity (Wildman–Crippen MR) is 79.6 cm³/mol. The van der Waals surface area contributed by atoms with Crippen LogP contribution in [-0.2, 0) is 0 Å². The van der Waals surface area contributed by atoms with Crippen LogP contribution in [0.25, 0.3) is 0 Å². The Bertz CT molecular complexity index is 626. The highest BCUT2D eigenvalue weighted by Crippen LogP contribution is 2.20. The molecule has 0 fully saturated rings. The molecule has 20 heavy (non-hydrogen) atoms. The highest BCUT2D eigenvalue weighted by molar-refractivity contribution is 6.31. The third kappa shape index (κ3) is 3.36. The largest absolute Gasteiger partial charge is 0.492 e. The van der Waals surface area contributed by atoms with Gasteiger partial charge in [0.2, 0.25) is 0 Å². The molecule has 1 heterocycles. The van der Waals surface area contributed by atoms with E-state index in [0.29, 0.717) is 28.5 Å². The van der Waals surface area contributed by atoms with Gasteiger partial charge in [-0.05, 0) is 43.2 Å². The molecule has 4 heteroatoms. The van der Waals surface area contributed by atoms with E-state index < -0.39 is 0 Å². The van der Waals surface area contributed by atoms with Gasteiger partial charge in [-0.15, -0.1) is 0 Å². The first-order valence-corrected chi connectivity index (χ1v) is 6.88. The average molecular weight is 290 g/mol. The summed E-state index contributed by atoms with van der Waals surface area (Å²) >= 11 is 5.97. The van der Waals surface area contributed by atoms with E-state index in [1.54, 1.807) is 36.7 Å². The fraction of sp³-hybridized carbons (Fsp3) is 0.250. The zero-order valence-corrected chi connectivity index (χ0v) is 12.3. The fourth-order valence-electron chi connectivity index (χ4n) is 1.79. The van der Waals surface area contributed by atoms with Gasteiger partial charge in [0.1, 0.15) is 5.75 Å². The van der Waals surface area contributed by atoms with Gasteiger partial charge in [0, 0.05) is 22.3 Å². The molecule has 0 atom stereocenters. The molecular weight excluding hydrogens is 274 g/mol. The second-order valence-corrected chi connectivity index (χ2v) is 4.96. The first-order valence-electron chi connectivity index (χ1n) is 6.50. The summed E-state index contributed by atoms with van der Waals surface area (Å²) in [6, 6.07) is 6.95. The topological polar surface area (TPSA) is 39.2 Å². The van der Waals surface area contributed by atoms with Gasteiger partial charge in [-0.3, -0.25) is 9.78 Å². The Morgan fingerprint density at radius 2 is 2.05 bits per heavy atom. The molecule has 3 nitrogen and oxygen atoms in total. The minimum atomic E-state index is -0.0841. The minimum Gasteiger partial charge on any atom is -0.492 e. The smallest absolute Gasteiger partial charge is 0.194 e. The number of hydrogen-bond donors (Lipinski definition) is 0. The van der Waals surface area contributed by atoms with Gasteiger partial charge in [0.15, 0.2) is 5.78 Å². The second-order valence-electron chi connectivity index (χ2n) is 4.55. The summed E-state index contributed by atoms with van der Waals surface area (Å²) in [4.78, 5) is 16.4. The number of benzene rings is 1. The number of nitrogens with zero attached hydrogens (tertiary/aromatic N) is 1. The maximum atomic E-state index is 12.4. The molecule has 0 aliphatic carbocycles.